The minimum Gasteiger partial charge on any atom is -0.370 e. The van der Waals surface area contributed by atoms with Crippen molar-refractivity contribution in [1.82, 2.24) is 5.32 Å². The lowest BCUT2D eigenvalue weighted by atomic mass is 9.69. The zero-order chi connectivity index (χ0) is 11.8. The second-order valence-electron chi connectivity index (χ2n) is 4.85. The summed E-state index contributed by atoms with van der Waals surface area (Å²) in [4.78, 5) is 16.1. The van der Waals surface area contributed by atoms with Gasteiger partial charge in [-0.05, 0) is 18.8 Å². The van der Waals surface area contributed by atoms with E-state index in [-0.39, 0.29) is 11.9 Å². The third kappa shape index (κ3) is 1.64. The molecule has 5 nitrogen and oxygen atoms in total. The number of nitriles is 1. The standard InChI is InChI=1S/C11H16N4O/c1-7-3-2-4-11(5-7)8(6-12)9(16)14-10(13)15-11/h7-8H,2-5H2,1H3,(H3,13,14,15,16)/t7-,8-,11+/m0/s1. The van der Waals surface area contributed by atoms with Crippen LogP contribution in [0.3, 0.4) is 0 Å². The first-order valence-electron chi connectivity index (χ1n) is 5.63. The van der Waals surface area contributed by atoms with Crippen molar-refractivity contribution in [3.63, 3.8) is 0 Å². The van der Waals surface area contributed by atoms with Gasteiger partial charge >= 0.3 is 0 Å². The highest BCUT2D eigenvalue weighted by molar-refractivity contribution is 6.01. The number of rotatable bonds is 0. The Morgan fingerprint density at radius 3 is 3.06 bits per heavy atom. The molecule has 0 unspecified atom stereocenters. The lowest BCUT2D eigenvalue weighted by Crippen LogP contribution is -2.56. The fourth-order valence-corrected chi connectivity index (χ4v) is 2.88. The van der Waals surface area contributed by atoms with E-state index in [0.29, 0.717) is 5.92 Å². The lowest BCUT2D eigenvalue weighted by Gasteiger charge is -2.41. The van der Waals surface area contributed by atoms with Gasteiger partial charge in [-0.1, -0.05) is 19.8 Å². The summed E-state index contributed by atoms with van der Waals surface area (Å²) in [6, 6.07) is 2.08. The van der Waals surface area contributed by atoms with Crippen molar-refractivity contribution in [3.8, 4) is 6.07 Å². The zero-order valence-corrected chi connectivity index (χ0v) is 9.36. The first kappa shape index (κ1) is 10.9. The quantitative estimate of drug-likeness (QED) is 0.623. The molecule has 0 aromatic rings. The molecular weight excluding hydrogens is 204 g/mol. The Balaban J connectivity index is 2.38. The fourth-order valence-electron chi connectivity index (χ4n) is 2.88. The van der Waals surface area contributed by atoms with Crippen LogP contribution in [-0.4, -0.2) is 17.4 Å². The number of carbonyl (C=O) groups is 1. The number of hydrogen-bond donors (Lipinski definition) is 2. The van der Waals surface area contributed by atoms with Crippen LogP contribution in [0.5, 0.6) is 0 Å². The number of carbonyl (C=O) groups excluding carboxylic acids is 1. The Morgan fingerprint density at radius 1 is 1.69 bits per heavy atom. The van der Waals surface area contributed by atoms with Crippen LogP contribution in [-0.2, 0) is 4.79 Å². The van der Waals surface area contributed by atoms with E-state index >= 15 is 0 Å². The van der Waals surface area contributed by atoms with E-state index in [1.54, 1.807) is 0 Å². The second-order valence-corrected chi connectivity index (χ2v) is 4.85. The van der Waals surface area contributed by atoms with E-state index in [2.05, 4.69) is 23.3 Å². The fraction of sp³-hybridized carbons (Fsp3) is 0.727. The van der Waals surface area contributed by atoms with Gasteiger partial charge in [0.1, 0.15) is 0 Å². The Kier molecular flexibility index (Phi) is 2.58. The SMILES string of the molecule is C[C@H]1CCC[C@]2(C1)N=C(N)NC(=O)[C@@H]2C#N. The molecule has 3 N–H and O–H groups in total. The molecule has 0 aromatic carbocycles. The smallest absolute Gasteiger partial charge is 0.246 e. The van der Waals surface area contributed by atoms with Gasteiger partial charge in [0, 0.05) is 0 Å². The van der Waals surface area contributed by atoms with Crippen molar-refractivity contribution < 1.29 is 4.79 Å². The number of nitrogens with two attached hydrogens (primary N) is 1. The summed E-state index contributed by atoms with van der Waals surface area (Å²) in [5.41, 5.74) is 5.03. The van der Waals surface area contributed by atoms with E-state index in [0.717, 1.165) is 25.7 Å². The summed E-state index contributed by atoms with van der Waals surface area (Å²) in [7, 11) is 0. The molecule has 1 aliphatic heterocycles. The third-order valence-corrected chi connectivity index (χ3v) is 3.53. The van der Waals surface area contributed by atoms with Crippen LogP contribution < -0.4 is 11.1 Å². The van der Waals surface area contributed by atoms with Crippen molar-refractivity contribution in [2.24, 2.45) is 22.6 Å². The lowest BCUT2D eigenvalue weighted by molar-refractivity contribution is -0.125. The molecule has 0 aromatic heterocycles. The monoisotopic (exact) mass is 220 g/mol. The predicted octanol–water partition coefficient (Wildman–Crippen LogP) is 0.520. The van der Waals surface area contributed by atoms with Crippen molar-refractivity contribution in [3.05, 3.63) is 0 Å². The number of aliphatic imine (C=N–C) groups is 1. The van der Waals surface area contributed by atoms with Crippen LogP contribution in [0.1, 0.15) is 32.6 Å². The van der Waals surface area contributed by atoms with Gasteiger partial charge in [-0.3, -0.25) is 10.1 Å². The molecule has 0 radical (unpaired) electrons. The van der Waals surface area contributed by atoms with Gasteiger partial charge in [0.15, 0.2) is 11.9 Å². The number of nitrogens with one attached hydrogen (secondary N) is 1. The number of hydrogen-bond acceptors (Lipinski definition) is 4. The Labute approximate surface area is 94.7 Å². The number of nitrogens with zero attached hydrogens (tertiary/aromatic N) is 2. The largest absolute Gasteiger partial charge is 0.370 e. The summed E-state index contributed by atoms with van der Waals surface area (Å²) < 4.78 is 0. The minimum absolute atomic E-state index is 0.158. The van der Waals surface area contributed by atoms with Crippen LogP contribution in [0.15, 0.2) is 4.99 Å². The van der Waals surface area contributed by atoms with Crippen molar-refractivity contribution in [2.45, 2.75) is 38.1 Å². The molecule has 5 heteroatoms. The van der Waals surface area contributed by atoms with Gasteiger partial charge in [-0.15, -0.1) is 0 Å². The van der Waals surface area contributed by atoms with Gasteiger partial charge in [0.25, 0.3) is 0 Å². The highest BCUT2D eigenvalue weighted by Gasteiger charge is 2.48. The minimum atomic E-state index is -0.692. The molecule has 16 heavy (non-hydrogen) atoms. The maximum atomic E-state index is 11.7. The number of guanidine groups is 1. The zero-order valence-electron chi connectivity index (χ0n) is 9.36. The normalized spacial score (nSPS) is 38.8. The summed E-state index contributed by atoms with van der Waals surface area (Å²) in [5.74, 6) is -0.343. The predicted molar refractivity (Wildman–Crippen MR) is 59.2 cm³/mol. The summed E-state index contributed by atoms with van der Waals surface area (Å²) in [5, 5.41) is 11.6. The highest BCUT2D eigenvalue weighted by atomic mass is 16.2. The Hall–Kier alpha value is -1.57. The molecule has 1 aliphatic carbocycles. The average molecular weight is 220 g/mol. The molecule has 86 valence electrons. The average Bonchev–Trinajstić information content (AvgIpc) is 2.16. The van der Waals surface area contributed by atoms with E-state index in [1.807, 2.05) is 0 Å². The molecule has 1 fully saturated rings. The topological polar surface area (TPSA) is 91.3 Å². The molecule has 2 aliphatic rings. The number of amides is 1. The molecule has 0 saturated heterocycles. The Bertz CT molecular complexity index is 384. The van der Waals surface area contributed by atoms with Crippen LogP contribution >= 0.6 is 0 Å². The molecule has 2 rings (SSSR count). The van der Waals surface area contributed by atoms with E-state index < -0.39 is 11.5 Å². The van der Waals surface area contributed by atoms with Gasteiger partial charge in [-0.2, -0.15) is 5.26 Å². The van der Waals surface area contributed by atoms with Crippen LogP contribution in [0.4, 0.5) is 0 Å². The van der Waals surface area contributed by atoms with Crippen molar-refractivity contribution in [2.75, 3.05) is 0 Å². The van der Waals surface area contributed by atoms with Gasteiger partial charge in [0.05, 0.1) is 11.6 Å². The molecule has 0 bridgehead atoms. The van der Waals surface area contributed by atoms with Crippen molar-refractivity contribution >= 4 is 11.9 Å². The molecule has 1 amide bonds. The maximum absolute atomic E-state index is 11.7. The molecule has 1 spiro atoms. The van der Waals surface area contributed by atoms with Gasteiger partial charge in [0.2, 0.25) is 5.91 Å². The third-order valence-electron chi connectivity index (χ3n) is 3.53. The summed E-state index contributed by atoms with van der Waals surface area (Å²) in [6.07, 6.45) is 3.70. The van der Waals surface area contributed by atoms with E-state index in [1.165, 1.54) is 0 Å². The summed E-state index contributed by atoms with van der Waals surface area (Å²) >= 11 is 0. The van der Waals surface area contributed by atoms with E-state index in [9.17, 15) is 4.79 Å². The van der Waals surface area contributed by atoms with Crippen LogP contribution in [0.2, 0.25) is 0 Å². The highest BCUT2D eigenvalue weighted by Crippen LogP contribution is 2.41. The van der Waals surface area contributed by atoms with Crippen LogP contribution in [0, 0.1) is 23.2 Å². The second kappa shape index (κ2) is 3.78. The first-order chi connectivity index (χ1) is 7.57. The van der Waals surface area contributed by atoms with E-state index in [4.69, 9.17) is 11.0 Å². The molecule has 1 heterocycles. The van der Waals surface area contributed by atoms with Gasteiger partial charge < -0.3 is 5.73 Å². The first-order valence-corrected chi connectivity index (χ1v) is 5.63. The van der Waals surface area contributed by atoms with Gasteiger partial charge in [-0.25, -0.2) is 4.99 Å². The molecule has 3 atom stereocenters. The van der Waals surface area contributed by atoms with Crippen molar-refractivity contribution in [1.29, 1.82) is 5.26 Å². The maximum Gasteiger partial charge on any atom is 0.246 e. The van der Waals surface area contributed by atoms with Crippen LogP contribution in [0.25, 0.3) is 0 Å². The Morgan fingerprint density at radius 2 is 2.44 bits per heavy atom. The summed E-state index contributed by atoms with van der Waals surface area (Å²) in [6.45, 7) is 2.13. The molecule has 1 saturated carbocycles. The molecular formula is C11H16N4O.